The zero-order chi connectivity index (χ0) is 29.4. The highest BCUT2D eigenvalue weighted by atomic mass is 19.4. The second-order valence-electron chi connectivity index (χ2n) is 9.90. The maximum atomic E-state index is 15.4. The van der Waals surface area contributed by atoms with Crippen molar-refractivity contribution >= 4 is 28.4 Å². The first-order chi connectivity index (χ1) is 20.2. The van der Waals surface area contributed by atoms with Gasteiger partial charge in [0.1, 0.15) is 11.5 Å². The minimum Gasteiger partial charge on any atom is -0.380 e. The predicted octanol–water partition coefficient (Wildman–Crippen LogP) is 5.08. The lowest BCUT2D eigenvalue weighted by Gasteiger charge is -2.28. The monoisotopic (exact) mass is 579 g/mol. The number of hydrogen-bond donors (Lipinski definition) is 3. The number of anilines is 2. The van der Waals surface area contributed by atoms with Crippen LogP contribution >= 0.6 is 0 Å². The molecule has 5 aromatic rings. The molecule has 3 heterocycles. The minimum atomic E-state index is -4.81. The topological polar surface area (TPSA) is 114 Å². The number of nitrogens with two attached hydrogens (primary N) is 1. The summed E-state index contributed by atoms with van der Waals surface area (Å²) in [5.41, 5.74) is 6.65. The van der Waals surface area contributed by atoms with Gasteiger partial charge in [-0.15, -0.1) is 0 Å². The average Bonchev–Trinajstić information content (AvgIpc) is 3.59. The molecule has 0 bridgehead atoms. The number of carbonyl (C=O) groups is 1. The van der Waals surface area contributed by atoms with Crippen LogP contribution in [0.25, 0.3) is 27.8 Å². The Hall–Kier alpha value is -4.75. The van der Waals surface area contributed by atoms with Crippen LogP contribution in [0.1, 0.15) is 21.7 Å². The average molecular weight is 580 g/mol. The maximum absolute atomic E-state index is 15.4. The summed E-state index contributed by atoms with van der Waals surface area (Å²) in [5, 5.41) is 13.4. The van der Waals surface area contributed by atoms with Gasteiger partial charge in [0.25, 0.3) is 5.91 Å². The molecule has 0 unspecified atom stereocenters. The number of rotatable bonds is 6. The van der Waals surface area contributed by atoms with Gasteiger partial charge in [0.15, 0.2) is 17.1 Å². The molecule has 9 nitrogen and oxygen atoms in total. The third-order valence-electron chi connectivity index (χ3n) is 7.10. The molecular weight excluding hydrogens is 554 g/mol. The third-order valence-corrected chi connectivity index (χ3v) is 7.10. The molecule has 0 saturated carbocycles. The van der Waals surface area contributed by atoms with E-state index in [9.17, 15) is 18.0 Å². The summed E-state index contributed by atoms with van der Waals surface area (Å²) in [5.74, 6) is -1.47. The number of halogens is 4. The smallest absolute Gasteiger partial charge is 0.380 e. The highest BCUT2D eigenvalue weighted by Crippen LogP contribution is 2.32. The van der Waals surface area contributed by atoms with Gasteiger partial charge in [0.2, 0.25) is 0 Å². The molecule has 0 spiro atoms. The molecule has 216 valence electrons. The number of nitrogen functional groups attached to an aromatic ring is 1. The van der Waals surface area contributed by atoms with Gasteiger partial charge in [-0.3, -0.25) is 9.69 Å². The van der Waals surface area contributed by atoms with Gasteiger partial charge in [-0.1, -0.05) is 29.4 Å². The molecule has 1 aliphatic rings. The Kier molecular flexibility index (Phi) is 7.12. The summed E-state index contributed by atoms with van der Waals surface area (Å²) in [4.78, 5) is 15.5. The van der Waals surface area contributed by atoms with Crippen LogP contribution in [0.15, 0.2) is 71.3 Å². The molecule has 3 aromatic carbocycles. The Labute approximate surface area is 236 Å². The van der Waals surface area contributed by atoms with Crippen molar-refractivity contribution in [3.05, 3.63) is 89.5 Å². The van der Waals surface area contributed by atoms with Crippen molar-refractivity contribution < 1.29 is 26.9 Å². The number of fused-ring (bicyclic) bond motifs is 1. The lowest BCUT2D eigenvalue weighted by atomic mass is 9.98. The number of hydrogen-bond acceptors (Lipinski definition) is 7. The van der Waals surface area contributed by atoms with Gasteiger partial charge in [-0.25, -0.2) is 9.07 Å². The fraction of sp³-hybridized carbons (Fsp3) is 0.207. The third kappa shape index (κ3) is 5.43. The summed E-state index contributed by atoms with van der Waals surface area (Å²) < 4.78 is 62.1. The first-order valence-electron chi connectivity index (χ1n) is 13.1. The highest BCUT2D eigenvalue weighted by Gasteiger charge is 2.36. The zero-order valence-corrected chi connectivity index (χ0v) is 22.1. The fourth-order valence-electron chi connectivity index (χ4n) is 4.99. The van der Waals surface area contributed by atoms with E-state index in [0.29, 0.717) is 29.1 Å². The van der Waals surface area contributed by atoms with Crippen LogP contribution in [0, 0.1) is 5.82 Å². The zero-order valence-electron chi connectivity index (χ0n) is 22.1. The second-order valence-corrected chi connectivity index (χ2v) is 9.90. The van der Waals surface area contributed by atoms with Crippen LogP contribution in [-0.2, 0) is 12.7 Å². The molecule has 13 heteroatoms. The summed E-state index contributed by atoms with van der Waals surface area (Å²) in [6.07, 6.45) is -4.81. The normalized spacial score (nSPS) is 14.4. The first kappa shape index (κ1) is 27.4. The Morgan fingerprint density at radius 3 is 2.57 bits per heavy atom. The molecule has 2 aromatic heterocycles. The van der Waals surface area contributed by atoms with Gasteiger partial charge in [-0.2, -0.15) is 18.3 Å². The van der Waals surface area contributed by atoms with Gasteiger partial charge < -0.3 is 20.9 Å². The van der Waals surface area contributed by atoms with Crippen LogP contribution in [0.4, 0.5) is 29.1 Å². The SMILES string of the molecule is Nc1noc2ccc(-n3nc(C(F)(F)F)cc3C(=O)Nc3ccc(-c4ccccc4CN4CCNCC4)c(F)c3)cc12. The number of carbonyl (C=O) groups excluding carboxylic acids is 1. The number of aromatic nitrogens is 3. The van der Waals surface area contributed by atoms with Crippen LogP contribution in [0.2, 0.25) is 0 Å². The Morgan fingerprint density at radius 1 is 1.02 bits per heavy atom. The van der Waals surface area contributed by atoms with Crippen LogP contribution in [-0.4, -0.2) is 51.9 Å². The van der Waals surface area contributed by atoms with E-state index >= 15 is 4.39 Å². The van der Waals surface area contributed by atoms with Crippen molar-refractivity contribution in [3.63, 3.8) is 0 Å². The van der Waals surface area contributed by atoms with Crippen LogP contribution in [0.5, 0.6) is 0 Å². The number of amides is 1. The summed E-state index contributed by atoms with van der Waals surface area (Å²) in [7, 11) is 0. The quantitative estimate of drug-likeness (QED) is 0.241. The van der Waals surface area contributed by atoms with E-state index in [1.165, 1.54) is 24.3 Å². The van der Waals surface area contributed by atoms with Crippen molar-refractivity contribution in [3.8, 4) is 16.8 Å². The Bertz CT molecular complexity index is 1770. The van der Waals surface area contributed by atoms with Crippen molar-refractivity contribution in [2.24, 2.45) is 0 Å². The summed E-state index contributed by atoms with van der Waals surface area (Å²) in [6.45, 7) is 4.20. The molecule has 1 aliphatic heterocycles. The van der Waals surface area contributed by atoms with Crippen LogP contribution < -0.4 is 16.4 Å². The number of benzene rings is 3. The fourth-order valence-corrected chi connectivity index (χ4v) is 4.99. The number of nitrogens with zero attached hydrogens (tertiary/aromatic N) is 4. The van der Waals surface area contributed by atoms with E-state index in [1.54, 1.807) is 6.07 Å². The lowest BCUT2D eigenvalue weighted by Crippen LogP contribution is -2.42. The van der Waals surface area contributed by atoms with Crippen molar-refractivity contribution in [1.82, 2.24) is 25.2 Å². The molecule has 0 aliphatic carbocycles. The maximum Gasteiger partial charge on any atom is 0.435 e. The van der Waals surface area contributed by atoms with Gasteiger partial charge in [0, 0.05) is 50.0 Å². The highest BCUT2D eigenvalue weighted by molar-refractivity contribution is 6.04. The molecule has 0 atom stereocenters. The van der Waals surface area contributed by atoms with E-state index in [0.717, 1.165) is 48.1 Å². The van der Waals surface area contributed by atoms with Crippen molar-refractivity contribution in [2.75, 3.05) is 37.2 Å². The van der Waals surface area contributed by atoms with E-state index in [2.05, 4.69) is 25.8 Å². The van der Waals surface area contributed by atoms with Crippen LogP contribution in [0.3, 0.4) is 0 Å². The largest absolute Gasteiger partial charge is 0.435 e. The summed E-state index contributed by atoms with van der Waals surface area (Å²) >= 11 is 0. The molecule has 1 fully saturated rings. The molecule has 1 saturated heterocycles. The number of piperazine rings is 1. The second kappa shape index (κ2) is 10.9. The van der Waals surface area contributed by atoms with Gasteiger partial charge >= 0.3 is 6.18 Å². The van der Waals surface area contributed by atoms with E-state index in [-0.39, 0.29) is 17.2 Å². The molecule has 1 amide bonds. The van der Waals surface area contributed by atoms with Gasteiger partial charge in [0.05, 0.1) is 11.1 Å². The molecule has 6 rings (SSSR count). The minimum absolute atomic E-state index is 0.0335. The summed E-state index contributed by atoms with van der Waals surface area (Å²) in [6, 6.07) is 16.6. The van der Waals surface area contributed by atoms with Crippen molar-refractivity contribution in [1.29, 1.82) is 0 Å². The molecule has 0 radical (unpaired) electrons. The lowest BCUT2D eigenvalue weighted by molar-refractivity contribution is -0.141. The predicted molar refractivity (Wildman–Crippen MR) is 148 cm³/mol. The Morgan fingerprint density at radius 2 is 1.81 bits per heavy atom. The van der Waals surface area contributed by atoms with Gasteiger partial charge in [-0.05, 0) is 47.5 Å². The first-order valence-corrected chi connectivity index (χ1v) is 13.1. The Balaban J connectivity index is 1.29. The molecular formula is C29H25F4N7O2. The van der Waals surface area contributed by atoms with E-state index in [4.69, 9.17) is 10.3 Å². The number of alkyl halides is 3. The number of nitrogens with one attached hydrogen (secondary N) is 2. The van der Waals surface area contributed by atoms with E-state index in [1.807, 2.05) is 24.3 Å². The molecule has 42 heavy (non-hydrogen) atoms. The molecule has 4 N–H and O–H groups in total. The van der Waals surface area contributed by atoms with E-state index < -0.39 is 29.3 Å². The van der Waals surface area contributed by atoms with Crippen molar-refractivity contribution in [2.45, 2.75) is 12.7 Å². The standard InChI is InChI=1S/C29H25F4N7O2/c30-23-13-18(5-7-21(23)20-4-2-1-3-17(20)16-39-11-9-35-10-12-39)36-28(41)24-15-26(29(31,32)33)37-40(24)19-6-8-25-22(14-19)27(34)38-42-25/h1-8,13-15,35H,9-12,16H2,(H2,34,38)(H,36,41).